The first-order chi connectivity index (χ1) is 16.1. The summed E-state index contributed by atoms with van der Waals surface area (Å²) in [7, 11) is 0. The third-order valence-corrected chi connectivity index (χ3v) is 5.61. The third-order valence-electron chi connectivity index (χ3n) is 5.61. The van der Waals surface area contributed by atoms with Gasteiger partial charge in [-0.05, 0) is 35.8 Å². The predicted octanol–water partition coefficient (Wildman–Crippen LogP) is 4.36. The second-order valence-corrected chi connectivity index (χ2v) is 8.04. The summed E-state index contributed by atoms with van der Waals surface area (Å²) >= 11 is 0. The van der Waals surface area contributed by atoms with Gasteiger partial charge >= 0.3 is 0 Å². The Kier molecular flexibility index (Phi) is 10.9. The number of aromatic nitrogens is 1. The molecule has 1 aliphatic heterocycles. The van der Waals surface area contributed by atoms with Crippen LogP contribution in [-0.4, -0.2) is 45.9 Å². The fourth-order valence-corrected chi connectivity index (χ4v) is 3.88. The molecule has 7 nitrogen and oxygen atoms in total. The van der Waals surface area contributed by atoms with Gasteiger partial charge in [0, 0.05) is 49.1 Å². The van der Waals surface area contributed by atoms with E-state index in [1.807, 2.05) is 66.7 Å². The number of hydroxylamine groups is 1. The Hall–Kier alpha value is -3.23. The lowest BCUT2D eigenvalue weighted by molar-refractivity contribution is -0.124. The van der Waals surface area contributed by atoms with Crippen LogP contribution in [0.5, 0.6) is 0 Å². The number of nitrogens with zero attached hydrogens (tertiary/aromatic N) is 2. The van der Waals surface area contributed by atoms with Crippen LogP contribution >= 0.6 is 24.8 Å². The fourth-order valence-electron chi connectivity index (χ4n) is 3.88. The van der Waals surface area contributed by atoms with E-state index < -0.39 is 5.91 Å². The number of hydrogen-bond donors (Lipinski definition) is 3. The summed E-state index contributed by atoms with van der Waals surface area (Å²) in [6.45, 7) is 2.73. The van der Waals surface area contributed by atoms with E-state index in [1.54, 1.807) is 17.8 Å². The standard InChI is InChI=1S/C26H26N4O3.2ClH/c31-25(29-33)13-9-19-8-12-24(27-16-19)28-23-14-15-30(18-23)17-20-6-10-22(11-7-20)26(32)21-4-2-1-3-5-21;;/h1-13,16,23,33H,14-15,17-18H2,(H,27,28)(H,29,31);2*1H/t23-;;/m1../s1. The zero-order chi connectivity index (χ0) is 23.0. The summed E-state index contributed by atoms with van der Waals surface area (Å²) in [5.41, 5.74) is 4.91. The van der Waals surface area contributed by atoms with Gasteiger partial charge in [-0.15, -0.1) is 24.8 Å². The van der Waals surface area contributed by atoms with Crippen molar-refractivity contribution < 1.29 is 14.8 Å². The number of anilines is 1. The van der Waals surface area contributed by atoms with Crippen molar-refractivity contribution in [2.24, 2.45) is 0 Å². The predicted molar refractivity (Wildman–Crippen MR) is 141 cm³/mol. The smallest absolute Gasteiger partial charge is 0.267 e. The molecule has 0 unspecified atom stereocenters. The van der Waals surface area contributed by atoms with E-state index >= 15 is 0 Å². The Morgan fingerprint density at radius 3 is 2.37 bits per heavy atom. The lowest BCUT2D eigenvalue weighted by Gasteiger charge is -2.17. The van der Waals surface area contributed by atoms with Crippen molar-refractivity contribution in [3.63, 3.8) is 0 Å². The first kappa shape index (κ1) is 28.0. The Morgan fingerprint density at radius 2 is 1.71 bits per heavy atom. The minimum atomic E-state index is -0.583. The molecule has 0 bridgehead atoms. The van der Waals surface area contributed by atoms with E-state index in [-0.39, 0.29) is 30.6 Å². The van der Waals surface area contributed by atoms with Crippen molar-refractivity contribution in [3.8, 4) is 0 Å². The third kappa shape index (κ3) is 7.90. The molecule has 0 radical (unpaired) electrons. The molecule has 1 aromatic heterocycles. The van der Waals surface area contributed by atoms with Crippen molar-refractivity contribution in [2.45, 2.75) is 19.0 Å². The molecule has 2 aromatic carbocycles. The van der Waals surface area contributed by atoms with Gasteiger partial charge < -0.3 is 5.32 Å². The zero-order valence-electron chi connectivity index (χ0n) is 19.0. The summed E-state index contributed by atoms with van der Waals surface area (Å²) in [6.07, 6.45) is 5.51. The molecule has 1 aliphatic rings. The first-order valence-corrected chi connectivity index (χ1v) is 10.9. The highest BCUT2D eigenvalue weighted by Crippen LogP contribution is 2.18. The quantitative estimate of drug-likeness (QED) is 0.179. The summed E-state index contributed by atoms with van der Waals surface area (Å²) in [5.74, 6) is 0.244. The Bertz CT molecular complexity index is 1120. The molecule has 0 spiro atoms. The van der Waals surface area contributed by atoms with Crippen LogP contribution in [0.2, 0.25) is 0 Å². The summed E-state index contributed by atoms with van der Waals surface area (Å²) in [6, 6.07) is 21.2. The van der Waals surface area contributed by atoms with Crippen molar-refractivity contribution >= 4 is 48.4 Å². The average Bonchev–Trinajstić information content (AvgIpc) is 3.30. The number of likely N-dealkylation sites (tertiary alicyclic amines) is 1. The van der Waals surface area contributed by atoms with Gasteiger partial charge in [-0.1, -0.05) is 54.6 Å². The summed E-state index contributed by atoms with van der Waals surface area (Å²) in [4.78, 5) is 30.4. The van der Waals surface area contributed by atoms with E-state index in [2.05, 4.69) is 15.2 Å². The Morgan fingerprint density at radius 1 is 1.00 bits per heavy atom. The number of rotatable bonds is 8. The SMILES string of the molecule is Cl.Cl.O=C(C=Cc1ccc(N[C@@H]2CCN(Cc3ccc(C(=O)c4ccccc4)cc3)C2)nc1)NO. The van der Waals surface area contributed by atoms with E-state index in [0.29, 0.717) is 17.2 Å². The summed E-state index contributed by atoms with van der Waals surface area (Å²) in [5, 5.41) is 12.0. The Balaban J connectivity index is 0.00000216. The average molecular weight is 515 g/mol. The molecule has 0 saturated carbocycles. The second kappa shape index (κ2) is 13.6. The molecule has 3 aromatic rings. The zero-order valence-corrected chi connectivity index (χ0v) is 20.6. The highest BCUT2D eigenvalue weighted by atomic mass is 35.5. The molecular weight excluding hydrogens is 487 g/mol. The van der Waals surface area contributed by atoms with Crippen LogP contribution in [0.15, 0.2) is 79.0 Å². The lowest BCUT2D eigenvalue weighted by atomic mass is 10.0. The maximum atomic E-state index is 12.6. The molecule has 0 aliphatic carbocycles. The monoisotopic (exact) mass is 514 g/mol. The van der Waals surface area contributed by atoms with Crippen LogP contribution in [0.25, 0.3) is 6.08 Å². The van der Waals surface area contributed by atoms with E-state index in [9.17, 15) is 9.59 Å². The number of pyridine rings is 1. The van der Waals surface area contributed by atoms with Crippen LogP contribution < -0.4 is 10.8 Å². The molecule has 1 atom stereocenters. The van der Waals surface area contributed by atoms with Crippen LogP contribution in [-0.2, 0) is 11.3 Å². The number of carbonyl (C=O) groups excluding carboxylic acids is 2. The number of nitrogens with one attached hydrogen (secondary N) is 2. The largest absolute Gasteiger partial charge is 0.366 e. The molecule has 1 fully saturated rings. The normalized spacial score (nSPS) is 15.2. The van der Waals surface area contributed by atoms with Gasteiger partial charge in [-0.25, -0.2) is 10.5 Å². The molecule has 2 heterocycles. The van der Waals surface area contributed by atoms with Gasteiger partial charge in [-0.3, -0.25) is 19.7 Å². The number of halogens is 2. The minimum Gasteiger partial charge on any atom is -0.366 e. The van der Waals surface area contributed by atoms with Gasteiger partial charge in [0.2, 0.25) is 0 Å². The van der Waals surface area contributed by atoms with Gasteiger partial charge in [0.05, 0.1) is 0 Å². The minimum absolute atomic E-state index is 0. The molecular formula is C26H28Cl2N4O3. The van der Waals surface area contributed by atoms with Gasteiger partial charge in [0.15, 0.2) is 5.78 Å². The van der Waals surface area contributed by atoms with Crippen LogP contribution in [0.1, 0.15) is 33.5 Å². The summed E-state index contributed by atoms with van der Waals surface area (Å²) < 4.78 is 0. The maximum absolute atomic E-state index is 12.6. The number of ketones is 1. The molecule has 35 heavy (non-hydrogen) atoms. The van der Waals surface area contributed by atoms with Crippen LogP contribution in [0, 0.1) is 0 Å². The highest BCUT2D eigenvalue weighted by molar-refractivity contribution is 6.08. The van der Waals surface area contributed by atoms with Gasteiger partial charge in [-0.2, -0.15) is 0 Å². The van der Waals surface area contributed by atoms with Crippen molar-refractivity contribution in [1.29, 1.82) is 0 Å². The molecule has 1 amide bonds. The van der Waals surface area contributed by atoms with Crippen LogP contribution in [0.4, 0.5) is 5.82 Å². The second-order valence-electron chi connectivity index (χ2n) is 8.04. The van der Waals surface area contributed by atoms with E-state index in [4.69, 9.17) is 5.21 Å². The van der Waals surface area contributed by atoms with Crippen molar-refractivity contribution in [2.75, 3.05) is 18.4 Å². The molecule has 9 heteroatoms. The lowest BCUT2D eigenvalue weighted by Crippen LogP contribution is -2.26. The first-order valence-electron chi connectivity index (χ1n) is 10.9. The molecule has 1 saturated heterocycles. The number of carbonyl (C=O) groups is 2. The topological polar surface area (TPSA) is 94.6 Å². The fraction of sp³-hybridized carbons (Fsp3) is 0.192. The van der Waals surface area contributed by atoms with Gasteiger partial charge in [0.1, 0.15) is 5.82 Å². The molecule has 4 rings (SSSR count). The van der Waals surface area contributed by atoms with E-state index in [1.165, 1.54) is 11.6 Å². The highest BCUT2D eigenvalue weighted by Gasteiger charge is 2.22. The number of amides is 1. The maximum Gasteiger partial charge on any atom is 0.267 e. The van der Waals surface area contributed by atoms with Crippen molar-refractivity contribution in [1.82, 2.24) is 15.4 Å². The van der Waals surface area contributed by atoms with E-state index in [0.717, 1.165) is 37.4 Å². The molecule has 184 valence electrons. The van der Waals surface area contributed by atoms with Crippen molar-refractivity contribution in [3.05, 3.63) is 101 Å². The Labute approximate surface area is 217 Å². The van der Waals surface area contributed by atoms with Gasteiger partial charge in [0.25, 0.3) is 5.91 Å². The number of benzene rings is 2. The molecule has 3 N–H and O–H groups in total. The van der Waals surface area contributed by atoms with Crippen LogP contribution in [0.3, 0.4) is 0 Å². The number of hydrogen-bond acceptors (Lipinski definition) is 6.